The number of nitrogens with zero attached hydrogens (tertiary/aromatic N) is 2. The minimum absolute atomic E-state index is 0.594. The van der Waals surface area contributed by atoms with Crippen LogP contribution in [0.1, 0.15) is 52.3 Å². The maximum Gasteiger partial charge on any atom is 0.202 e. The molecule has 96 valence electrons. The van der Waals surface area contributed by atoms with Crippen molar-refractivity contribution in [2.24, 2.45) is 11.8 Å². The molecule has 1 aliphatic rings. The molecule has 0 saturated heterocycles. The summed E-state index contributed by atoms with van der Waals surface area (Å²) in [7, 11) is 0. The van der Waals surface area contributed by atoms with Crippen LogP contribution in [0.25, 0.3) is 0 Å². The van der Waals surface area contributed by atoms with Crippen molar-refractivity contribution in [3.63, 3.8) is 0 Å². The second kappa shape index (κ2) is 5.80. The lowest BCUT2D eigenvalue weighted by Crippen LogP contribution is -2.30. The number of rotatable bonds is 4. The first kappa shape index (κ1) is 12.8. The van der Waals surface area contributed by atoms with E-state index in [1.165, 1.54) is 30.8 Å². The van der Waals surface area contributed by atoms with Crippen LogP contribution in [0.4, 0.5) is 5.13 Å². The number of hydrogen-bond donors (Lipinski definition) is 1. The molecule has 0 radical (unpaired) electrons. The van der Waals surface area contributed by atoms with Crippen molar-refractivity contribution in [1.82, 2.24) is 9.36 Å². The molecule has 1 saturated carbocycles. The van der Waals surface area contributed by atoms with Crippen molar-refractivity contribution >= 4 is 16.7 Å². The Bertz CT molecular complexity index is 340. The number of hydrogen-bond acceptors (Lipinski definition) is 4. The maximum absolute atomic E-state index is 4.54. The average Bonchev–Trinajstić information content (AvgIpc) is 2.64. The monoisotopic (exact) mass is 253 g/mol. The summed E-state index contributed by atoms with van der Waals surface area (Å²) in [6.45, 7) is 6.87. The van der Waals surface area contributed by atoms with Crippen LogP contribution in [-0.2, 0) is 6.42 Å². The summed E-state index contributed by atoms with van der Waals surface area (Å²) >= 11 is 1.51. The Labute approximate surface area is 108 Å². The molecule has 0 amide bonds. The van der Waals surface area contributed by atoms with Gasteiger partial charge in [-0.25, -0.2) is 4.98 Å². The van der Waals surface area contributed by atoms with E-state index in [0.717, 1.165) is 35.6 Å². The predicted octanol–water partition coefficient (Wildman–Crippen LogP) is 3.73. The molecule has 0 aliphatic heterocycles. The third-order valence-electron chi connectivity index (χ3n) is 3.45. The van der Waals surface area contributed by atoms with Crippen LogP contribution < -0.4 is 5.32 Å². The van der Waals surface area contributed by atoms with Crippen LogP contribution in [0.2, 0.25) is 0 Å². The highest BCUT2D eigenvalue weighted by Gasteiger charge is 2.24. The summed E-state index contributed by atoms with van der Waals surface area (Å²) < 4.78 is 4.38. The summed E-state index contributed by atoms with van der Waals surface area (Å²) in [6, 6.07) is 0.594. The van der Waals surface area contributed by atoms with Gasteiger partial charge in [-0.15, -0.1) is 0 Å². The molecule has 1 heterocycles. The molecule has 1 aromatic heterocycles. The van der Waals surface area contributed by atoms with Crippen LogP contribution in [0, 0.1) is 11.8 Å². The molecule has 1 fully saturated rings. The summed E-state index contributed by atoms with van der Waals surface area (Å²) in [5.74, 6) is 2.66. The molecule has 2 unspecified atom stereocenters. The lowest BCUT2D eigenvalue weighted by atomic mass is 9.80. The number of aromatic nitrogens is 2. The van der Waals surface area contributed by atoms with Gasteiger partial charge in [-0.3, -0.25) is 0 Å². The van der Waals surface area contributed by atoms with Crippen molar-refractivity contribution < 1.29 is 0 Å². The Kier molecular flexibility index (Phi) is 4.37. The number of aryl methyl sites for hydroxylation is 1. The third kappa shape index (κ3) is 3.66. The first-order valence-electron chi connectivity index (χ1n) is 6.76. The predicted molar refractivity (Wildman–Crippen MR) is 73.5 cm³/mol. The fourth-order valence-corrected chi connectivity index (χ4v) is 3.57. The van der Waals surface area contributed by atoms with Gasteiger partial charge in [0.1, 0.15) is 5.82 Å². The largest absolute Gasteiger partial charge is 0.358 e. The molecule has 0 aromatic carbocycles. The van der Waals surface area contributed by atoms with Crippen LogP contribution in [0.5, 0.6) is 0 Å². The van der Waals surface area contributed by atoms with E-state index >= 15 is 0 Å². The maximum atomic E-state index is 4.54. The highest BCUT2D eigenvalue weighted by Crippen LogP contribution is 2.30. The van der Waals surface area contributed by atoms with E-state index in [2.05, 4.69) is 35.4 Å². The second-order valence-corrected chi connectivity index (χ2v) is 6.28. The van der Waals surface area contributed by atoms with Crippen LogP contribution >= 0.6 is 11.5 Å². The normalized spacial score (nSPS) is 29.2. The lowest BCUT2D eigenvalue weighted by Gasteiger charge is -2.31. The topological polar surface area (TPSA) is 37.8 Å². The average molecular weight is 253 g/mol. The molecule has 0 bridgehead atoms. The Morgan fingerprint density at radius 2 is 1.94 bits per heavy atom. The van der Waals surface area contributed by atoms with Crippen molar-refractivity contribution in [1.29, 1.82) is 0 Å². The van der Waals surface area contributed by atoms with E-state index in [1.54, 1.807) is 0 Å². The van der Waals surface area contributed by atoms with Crippen LogP contribution in [-0.4, -0.2) is 15.4 Å². The summed E-state index contributed by atoms with van der Waals surface area (Å²) in [4.78, 5) is 4.54. The number of nitrogens with one attached hydrogen (secondary N) is 1. The molecule has 1 aliphatic carbocycles. The van der Waals surface area contributed by atoms with Gasteiger partial charge >= 0.3 is 0 Å². The Balaban J connectivity index is 1.90. The van der Waals surface area contributed by atoms with E-state index in [0.29, 0.717) is 6.04 Å². The lowest BCUT2D eigenvalue weighted by molar-refractivity contribution is 0.281. The Hall–Kier alpha value is -0.640. The molecule has 17 heavy (non-hydrogen) atoms. The standard InChI is InChI=1S/C13H23N3S/c1-4-5-12-15-13(17-16-12)14-11-7-9(2)6-10(3)8-11/h9-11H,4-8H2,1-3H3,(H,14,15,16). The van der Waals surface area contributed by atoms with E-state index < -0.39 is 0 Å². The van der Waals surface area contributed by atoms with E-state index in [1.807, 2.05) is 0 Å². The molecule has 2 rings (SSSR count). The summed E-state index contributed by atoms with van der Waals surface area (Å²) in [5.41, 5.74) is 0. The van der Waals surface area contributed by atoms with Crippen molar-refractivity contribution in [3.05, 3.63) is 5.82 Å². The van der Waals surface area contributed by atoms with Crippen molar-refractivity contribution in [2.45, 2.75) is 58.9 Å². The van der Waals surface area contributed by atoms with Gasteiger partial charge in [0.2, 0.25) is 5.13 Å². The molecule has 0 spiro atoms. The quantitative estimate of drug-likeness (QED) is 0.888. The van der Waals surface area contributed by atoms with Gasteiger partial charge < -0.3 is 5.32 Å². The second-order valence-electron chi connectivity index (χ2n) is 5.52. The fraction of sp³-hybridized carbons (Fsp3) is 0.846. The van der Waals surface area contributed by atoms with Gasteiger partial charge in [0, 0.05) is 24.0 Å². The molecule has 1 aromatic rings. The van der Waals surface area contributed by atoms with E-state index in [9.17, 15) is 0 Å². The number of anilines is 1. The minimum atomic E-state index is 0.594. The Morgan fingerprint density at radius 1 is 1.24 bits per heavy atom. The summed E-state index contributed by atoms with van der Waals surface area (Å²) in [6.07, 6.45) is 6.03. The van der Waals surface area contributed by atoms with Gasteiger partial charge in [0.25, 0.3) is 0 Å². The SMILES string of the molecule is CCCc1nsc(NC2CC(C)CC(C)C2)n1. The fourth-order valence-electron chi connectivity index (χ4n) is 2.88. The molecule has 2 atom stereocenters. The van der Waals surface area contributed by atoms with Crippen LogP contribution in [0.15, 0.2) is 0 Å². The zero-order valence-electron chi connectivity index (χ0n) is 11.1. The molecular formula is C13H23N3S. The third-order valence-corrected chi connectivity index (χ3v) is 4.13. The van der Waals surface area contributed by atoms with E-state index in [-0.39, 0.29) is 0 Å². The highest BCUT2D eigenvalue weighted by molar-refractivity contribution is 7.09. The zero-order valence-corrected chi connectivity index (χ0v) is 11.9. The summed E-state index contributed by atoms with van der Waals surface area (Å²) in [5, 5.41) is 4.58. The minimum Gasteiger partial charge on any atom is -0.358 e. The Morgan fingerprint density at radius 3 is 2.59 bits per heavy atom. The first-order valence-corrected chi connectivity index (χ1v) is 7.53. The van der Waals surface area contributed by atoms with Gasteiger partial charge in [-0.1, -0.05) is 20.8 Å². The van der Waals surface area contributed by atoms with Crippen LogP contribution in [0.3, 0.4) is 0 Å². The first-order chi connectivity index (χ1) is 8.17. The molecular weight excluding hydrogens is 230 g/mol. The van der Waals surface area contributed by atoms with Crippen molar-refractivity contribution in [3.8, 4) is 0 Å². The molecule has 4 heteroatoms. The van der Waals surface area contributed by atoms with Gasteiger partial charge in [-0.2, -0.15) is 4.37 Å². The molecule has 1 N–H and O–H groups in total. The van der Waals surface area contributed by atoms with Gasteiger partial charge in [0.15, 0.2) is 0 Å². The van der Waals surface area contributed by atoms with Gasteiger partial charge in [0.05, 0.1) is 0 Å². The van der Waals surface area contributed by atoms with Crippen molar-refractivity contribution in [2.75, 3.05) is 5.32 Å². The molecule has 3 nitrogen and oxygen atoms in total. The highest BCUT2D eigenvalue weighted by atomic mass is 32.1. The van der Waals surface area contributed by atoms with E-state index in [4.69, 9.17) is 0 Å². The smallest absolute Gasteiger partial charge is 0.202 e. The zero-order chi connectivity index (χ0) is 12.3. The van der Waals surface area contributed by atoms with Gasteiger partial charge in [-0.05, 0) is 37.5 Å².